The van der Waals surface area contributed by atoms with Crippen LogP contribution in [-0.2, 0) is 17.9 Å². The Bertz CT molecular complexity index is 867. The van der Waals surface area contributed by atoms with Crippen LogP contribution < -0.4 is 15.4 Å². The second kappa shape index (κ2) is 11.4. The zero-order valence-corrected chi connectivity index (χ0v) is 18.8. The lowest BCUT2D eigenvalue weighted by Gasteiger charge is -2.20. The van der Waals surface area contributed by atoms with Crippen molar-refractivity contribution in [3.63, 3.8) is 0 Å². The van der Waals surface area contributed by atoms with Crippen molar-refractivity contribution in [2.45, 2.75) is 46.4 Å². The molecule has 1 aliphatic heterocycles. The van der Waals surface area contributed by atoms with E-state index in [9.17, 15) is 4.79 Å². The minimum absolute atomic E-state index is 0.0389. The van der Waals surface area contributed by atoms with Crippen LogP contribution in [0.2, 0.25) is 0 Å². The van der Waals surface area contributed by atoms with Crippen LogP contribution in [0.3, 0.4) is 0 Å². The molecule has 3 rings (SSSR count). The fourth-order valence-electron chi connectivity index (χ4n) is 3.60. The van der Waals surface area contributed by atoms with Gasteiger partial charge < -0.3 is 20.3 Å². The summed E-state index contributed by atoms with van der Waals surface area (Å²) in [6, 6.07) is 18.4. The maximum Gasteiger partial charge on any atom is 0.225 e. The van der Waals surface area contributed by atoms with Gasteiger partial charge in [0.15, 0.2) is 5.96 Å². The zero-order valence-electron chi connectivity index (χ0n) is 18.8. The first-order valence-electron chi connectivity index (χ1n) is 11.1. The maximum absolute atomic E-state index is 12.2. The molecule has 2 aromatic carbocycles. The van der Waals surface area contributed by atoms with Crippen LogP contribution in [0.15, 0.2) is 59.6 Å². The summed E-state index contributed by atoms with van der Waals surface area (Å²) in [4.78, 5) is 18.9. The molecule has 2 aromatic rings. The molecule has 1 amide bonds. The molecule has 2 N–H and O–H groups in total. The molecule has 1 aliphatic rings. The highest BCUT2D eigenvalue weighted by atomic mass is 16.5. The largest absolute Gasteiger partial charge is 0.489 e. The lowest BCUT2D eigenvalue weighted by atomic mass is 10.2. The van der Waals surface area contributed by atoms with Crippen LogP contribution in [0.5, 0.6) is 5.75 Å². The van der Waals surface area contributed by atoms with E-state index in [1.165, 1.54) is 0 Å². The minimum Gasteiger partial charge on any atom is -0.489 e. The lowest BCUT2D eigenvalue weighted by Crippen LogP contribution is -2.45. The van der Waals surface area contributed by atoms with Crippen molar-refractivity contribution in [2.24, 2.45) is 10.9 Å². The van der Waals surface area contributed by atoms with E-state index in [1.54, 1.807) is 0 Å². The first kappa shape index (κ1) is 22.7. The van der Waals surface area contributed by atoms with Gasteiger partial charge in [-0.15, -0.1) is 0 Å². The third kappa shape index (κ3) is 7.02. The van der Waals surface area contributed by atoms with Gasteiger partial charge in [0.05, 0.1) is 6.54 Å². The van der Waals surface area contributed by atoms with Crippen molar-refractivity contribution in [1.29, 1.82) is 0 Å². The summed E-state index contributed by atoms with van der Waals surface area (Å²) >= 11 is 0. The maximum atomic E-state index is 12.2. The van der Waals surface area contributed by atoms with Crippen LogP contribution in [0.1, 0.15) is 38.3 Å². The van der Waals surface area contributed by atoms with Gasteiger partial charge in [0.25, 0.3) is 0 Å². The van der Waals surface area contributed by atoms with Crippen molar-refractivity contribution in [2.75, 3.05) is 19.6 Å². The average molecular weight is 423 g/mol. The fourth-order valence-corrected chi connectivity index (χ4v) is 3.60. The van der Waals surface area contributed by atoms with Gasteiger partial charge in [-0.25, -0.2) is 4.99 Å². The molecule has 0 aromatic heterocycles. The summed E-state index contributed by atoms with van der Waals surface area (Å²) in [6.45, 7) is 9.37. The topological polar surface area (TPSA) is 66.0 Å². The number of nitrogens with zero attached hydrogens (tertiary/aromatic N) is 2. The lowest BCUT2D eigenvalue weighted by molar-refractivity contribution is -0.133. The first-order valence-corrected chi connectivity index (χ1v) is 11.1. The van der Waals surface area contributed by atoms with Crippen molar-refractivity contribution < 1.29 is 9.53 Å². The molecular formula is C25H34N4O2. The Hall–Kier alpha value is -3.02. The molecule has 1 unspecified atom stereocenters. The summed E-state index contributed by atoms with van der Waals surface area (Å²) in [6.07, 6.45) is 0.936. The van der Waals surface area contributed by atoms with E-state index in [4.69, 9.17) is 9.73 Å². The Balaban J connectivity index is 1.56. The highest BCUT2D eigenvalue weighted by Gasteiger charge is 2.27. The molecule has 0 aliphatic carbocycles. The molecule has 0 bridgehead atoms. The SMILES string of the molecule is CCNC(=NCc1cccc(OCc2ccccc2)c1)NC1CCN(C(=O)C(C)C)C1. The number of likely N-dealkylation sites (tertiary alicyclic amines) is 1. The van der Waals surface area contributed by atoms with E-state index in [0.29, 0.717) is 13.2 Å². The molecule has 6 nitrogen and oxygen atoms in total. The van der Waals surface area contributed by atoms with E-state index >= 15 is 0 Å². The molecule has 166 valence electrons. The smallest absolute Gasteiger partial charge is 0.225 e. The van der Waals surface area contributed by atoms with Gasteiger partial charge in [-0.3, -0.25) is 4.79 Å². The molecule has 0 saturated carbocycles. The monoisotopic (exact) mass is 422 g/mol. The number of carbonyl (C=O) groups excluding carboxylic acids is 1. The van der Waals surface area contributed by atoms with Gasteiger partial charge in [-0.1, -0.05) is 56.3 Å². The third-order valence-corrected chi connectivity index (χ3v) is 5.25. The van der Waals surface area contributed by atoms with Crippen LogP contribution >= 0.6 is 0 Å². The molecule has 1 saturated heterocycles. The Morgan fingerprint density at radius 3 is 2.68 bits per heavy atom. The predicted molar refractivity (Wildman–Crippen MR) is 125 cm³/mol. The number of amides is 1. The number of benzene rings is 2. The number of nitrogens with one attached hydrogen (secondary N) is 2. The van der Waals surface area contributed by atoms with Crippen molar-refractivity contribution in [3.8, 4) is 5.75 Å². The molecule has 0 radical (unpaired) electrons. The van der Waals surface area contributed by atoms with Crippen LogP contribution in [0, 0.1) is 5.92 Å². The quantitative estimate of drug-likeness (QED) is 0.504. The minimum atomic E-state index is 0.0389. The predicted octanol–water partition coefficient (Wildman–Crippen LogP) is 3.58. The Kier molecular flexibility index (Phi) is 8.33. The molecule has 1 heterocycles. The molecule has 1 atom stereocenters. The summed E-state index contributed by atoms with van der Waals surface area (Å²) in [7, 11) is 0. The number of aliphatic imine (C=N–C) groups is 1. The Morgan fingerprint density at radius 2 is 1.94 bits per heavy atom. The van der Waals surface area contributed by atoms with Crippen LogP contribution in [-0.4, -0.2) is 42.4 Å². The molecule has 1 fully saturated rings. The van der Waals surface area contributed by atoms with Crippen molar-refractivity contribution in [1.82, 2.24) is 15.5 Å². The average Bonchev–Trinajstić information content (AvgIpc) is 3.25. The van der Waals surface area contributed by atoms with Gasteiger partial charge in [0.1, 0.15) is 12.4 Å². The van der Waals surface area contributed by atoms with Gasteiger partial charge in [-0.2, -0.15) is 0 Å². The molecular weight excluding hydrogens is 388 g/mol. The molecule has 0 spiro atoms. The highest BCUT2D eigenvalue weighted by Crippen LogP contribution is 2.16. The number of hydrogen-bond acceptors (Lipinski definition) is 3. The number of rotatable bonds is 8. The number of ether oxygens (including phenoxy) is 1. The van der Waals surface area contributed by atoms with E-state index in [2.05, 4.69) is 35.8 Å². The Labute approximate surface area is 185 Å². The van der Waals surface area contributed by atoms with E-state index in [0.717, 1.165) is 48.9 Å². The number of guanidine groups is 1. The fraction of sp³-hybridized carbons (Fsp3) is 0.440. The summed E-state index contributed by atoms with van der Waals surface area (Å²) < 4.78 is 5.93. The third-order valence-electron chi connectivity index (χ3n) is 5.25. The van der Waals surface area contributed by atoms with E-state index in [1.807, 2.05) is 55.1 Å². The first-order chi connectivity index (χ1) is 15.0. The van der Waals surface area contributed by atoms with Crippen LogP contribution in [0.25, 0.3) is 0 Å². The van der Waals surface area contributed by atoms with Gasteiger partial charge in [0.2, 0.25) is 5.91 Å². The normalized spacial score (nSPS) is 16.5. The van der Waals surface area contributed by atoms with Crippen molar-refractivity contribution >= 4 is 11.9 Å². The molecule has 31 heavy (non-hydrogen) atoms. The van der Waals surface area contributed by atoms with Gasteiger partial charge >= 0.3 is 0 Å². The summed E-state index contributed by atoms with van der Waals surface area (Å²) in [5.41, 5.74) is 2.23. The molecule has 6 heteroatoms. The summed E-state index contributed by atoms with van der Waals surface area (Å²) in [5, 5.41) is 6.80. The highest BCUT2D eigenvalue weighted by molar-refractivity contribution is 5.81. The number of carbonyl (C=O) groups is 1. The van der Waals surface area contributed by atoms with E-state index in [-0.39, 0.29) is 17.9 Å². The van der Waals surface area contributed by atoms with Gasteiger partial charge in [-0.05, 0) is 36.6 Å². The number of hydrogen-bond donors (Lipinski definition) is 2. The zero-order chi connectivity index (χ0) is 22.1. The van der Waals surface area contributed by atoms with E-state index < -0.39 is 0 Å². The second-order valence-electron chi connectivity index (χ2n) is 8.19. The van der Waals surface area contributed by atoms with Gasteiger partial charge in [0, 0.05) is 31.6 Å². The standard InChI is InChI=1S/C25H34N4O2/c1-4-26-25(28-22-13-14-29(17-22)24(30)19(2)3)27-16-21-11-8-12-23(15-21)31-18-20-9-6-5-7-10-20/h5-12,15,19,22H,4,13-14,16-18H2,1-3H3,(H2,26,27,28). The summed E-state index contributed by atoms with van der Waals surface area (Å²) in [5.74, 6) is 1.88. The Morgan fingerprint density at radius 1 is 1.16 bits per heavy atom. The van der Waals surface area contributed by atoms with Crippen molar-refractivity contribution in [3.05, 3.63) is 65.7 Å². The second-order valence-corrected chi connectivity index (χ2v) is 8.19. The van der Waals surface area contributed by atoms with Crippen LogP contribution in [0.4, 0.5) is 0 Å².